The molecule has 0 radical (unpaired) electrons. The van der Waals surface area contributed by atoms with Gasteiger partial charge in [0.15, 0.2) is 0 Å². The highest BCUT2D eigenvalue weighted by molar-refractivity contribution is 5.37. The van der Waals surface area contributed by atoms with E-state index in [0.717, 1.165) is 11.3 Å². The van der Waals surface area contributed by atoms with Crippen molar-refractivity contribution >= 4 is 0 Å². The number of methoxy groups -OCH3 is 1. The van der Waals surface area contributed by atoms with E-state index < -0.39 is 17.7 Å². The second-order valence-corrected chi connectivity index (χ2v) is 4.89. The van der Waals surface area contributed by atoms with Crippen LogP contribution in [0.3, 0.4) is 0 Å². The molecular weight excluding hydrogens is 272 g/mol. The van der Waals surface area contributed by atoms with Gasteiger partial charge in [-0.05, 0) is 48.9 Å². The highest BCUT2D eigenvalue weighted by Gasteiger charge is 2.19. The smallest absolute Gasteiger partial charge is 0.128 e. The minimum absolute atomic E-state index is 0.307. The summed E-state index contributed by atoms with van der Waals surface area (Å²) in [4.78, 5) is 0. The van der Waals surface area contributed by atoms with Gasteiger partial charge < -0.3 is 10.1 Å². The third-order valence-electron chi connectivity index (χ3n) is 3.45. The molecular formula is C17H19F2NO. The minimum Gasteiger partial charge on any atom is -0.497 e. The Hall–Kier alpha value is -1.94. The monoisotopic (exact) mass is 291 g/mol. The predicted octanol–water partition coefficient (Wildman–Crippen LogP) is 3.98. The first-order valence-corrected chi connectivity index (χ1v) is 6.89. The van der Waals surface area contributed by atoms with Crippen molar-refractivity contribution in [3.8, 4) is 5.75 Å². The molecule has 0 amide bonds. The Bertz CT molecular complexity index is 611. The molecule has 0 saturated heterocycles. The van der Waals surface area contributed by atoms with E-state index in [1.807, 2.05) is 31.2 Å². The fourth-order valence-electron chi connectivity index (χ4n) is 2.29. The highest BCUT2D eigenvalue weighted by Crippen LogP contribution is 2.27. The van der Waals surface area contributed by atoms with Gasteiger partial charge in [-0.15, -0.1) is 0 Å². The Kier molecular flexibility index (Phi) is 4.91. The van der Waals surface area contributed by atoms with Crippen molar-refractivity contribution in [3.63, 3.8) is 0 Å². The number of hydrogen-bond acceptors (Lipinski definition) is 2. The molecule has 4 heteroatoms. The average molecular weight is 291 g/mol. The molecule has 1 atom stereocenters. The summed E-state index contributed by atoms with van der Waals surface area (Å²) in [7, 11) is 1.59. The van der Waals surface area contributed by atoms with E-state index in [-0.39, 0.29) is 0 Å². The average Bonchev–Trinajstić information content (AvgIpc) is 2.49. The van der Waals surface area contributed by atoms with Gasteiger partial charge in [0, 0.05) is 5.56 Å². The van der Waals surface area contributed by atoms with E-state index in [2.05, 4.69) is 5.32 Å². The zero-order chi connectivity index (χ0) is 15.4. The Morgan fingerprint density at radius 3 is 2.33 bits per heavy atom. The van der Waals surface area contributed by atoms with Gasteiger partial charge in [0.2, 0.25) is 0 Å². The number of aryl methyl sites for hydroxylation is 1. The number of halogens is 2. The third-order valence-corrected chi connectivity index (χ3v) is 3.45. The van der Waals surface area contributed by atoms with Crippen LogP contribution in [0.1, 0.15) is 29.7 Å². The van der Waals surface area contributed by atoms with E-state index in [4.69, 9.17) is 4.74 Å². The van der Waals surface area contributed by atoms with Crippen LogP contribution < -0.4 is 10.1 Å². The molecule has 2 rings (SSSR count). The molecule has 0 aliphatic heterocycles. The summed E-state index contributed by atoms with van der Waals surface area (Å²) in [5.74, 6) is -0.0805. The van der Waals surface area contributed by atoms with Gasteiger partial charge in [-0.25, -0.2) is 8.78 Å². The van der Waals surface area contributed by atoms with Crippen molar-refractivity contribution in [2.24, 2.45) is 0 Å². The van der Waals surface area contributed by atoms with Crippen molar-refractivity contribution < 1.29 is 13.5 Å². The molecule has 0 fully saturated rings. The number of hydrogen-bond donors (Lipinski definition) is 1. The lowest BCUT2D eigenvalue weighted by Crippen LogP contribution is -2.23. The van der Waals surface area contributed by atoms with Crippen LogP contribution in [-0.4, -0.2) is 13.7 Å². The molecule has 21 heavy (non-hydrogen) atoms. The van der Waals surface area contributed by atoms with Crippen LogP contribution in [0.4, 0.5) is 8.78 Å². The summed E-state index contributed by atoms with van der Waals surface area (Å²) < 4.78 is 33.1. The third kappa shape index (κ3) is 3.39. The molecule has 2 aromatic rings. The van der Waals surface area contributed by atoms with Gasteiger partial charge in [0.1, 0.15) is 17.4 Å². The molecule has 0 spiro atoms. The first kappa shape index (κ1) is 15.4. The summed E-state index contributed by atoms with van der Waals surface area (Å²) >= 11 is 0. The zero-order valence-electron chi connectivity index (χ0n) is 12.4. The Morgan fingerprint density at radius 2 is 1.76 bits per heavy atom. The topological polar surface area (TPSA) is 21.3 Å². The zero-order valence-corrected chi connectivity index (χ0v) is 12.4. The first-order valence-electron chi connectivity index (χ1n) is 6.89. The summed E-state index contributed by atoms with van der Waals surface area (Å²) in [5, 5.41) is 3.19. The Balaban J connectivity index is 2.44. The predicted molar refractivity (Wildman–Crippen MR) is 79.6 cm³/mol. The largest absolute Gasteiger partial charge is 0.497 e. The maximum atomic E-state index is 14.2. The van der Waals surface area contributed by atoms with Crippen molar-refractivity contribution in [2.75, 3.05) is 13.7 Å². The van der Waals surface area contributed by atoms with Crippen molar-refractivity contribution in [3.05, 3.63) is 64.7 Å². The van der Waals surface area contributed by atoms with E-state index in [1.54, 1.807) is 14.0 Å². The summed E-state index contributed by atoms with van der Waals surface area (Å²) in [5.41, 5.74) is 1.48. The quantitative estimate of drug-likeness (QED) is 0.899. The molecule has 0 aromatic heterocycles. The molecule has 0 aliphatic carbocycles. The van der Waals surface area contributed by atoms with Gasteiger partial charge in [-0.2, -0.15) is 0 Å². The van der Waals surface area contributed by atoms with Gasteiger partial charge in [0.25, 0.3) is 0 Å². The number of ether oxygens (including phenoxy) is 1. The number of nitrogens with one attached hydrogen (secondary N) is 1. The van der Waals surface area contributed by atoms with Crippen molar-refractivity contribution in [1.29, 1.82) is 0 Å². The lowest BCUT2D eigenvalue weighted by Gasteiger charge is -2.20. The van der Waals surface area contributed by atoms with Gasteiger partial charge in [-0.3, -0.25) is 0 Å². The van der Waals surface area contributed by atoms with Crippen LogP contribution in [0, 0.1) is 18.6 Å². The Labute approximate surface area is 123 Å². The second kappa shape index (κ2) is 6.68. The van der Waals surface area contributed by atoms with Crippen molar-refractivity contribution in [1.82, 2.24) is 5.32 Å². The van der Waals surface area contributed by atoms with Crippen LogP contribution in [-0.2, 0) is 0 Å². The fourth-order valence-corrected chi connectivity index (χ4v) is 2.29. The molecule has 2 nitrogen and oxygen atoms in total. The second-order valence-electron chi connectivity index (χ2n) is 4.89. The standard InChI is InChI=1S/C17H19F2NO/c1-4-20-17(12-5-7-13(21-3)8-6-12)14-10-15(18)11(2)9-16(14)19/h5-10,17,20H,4H2,1-3H3. The van der Waals surface area contributed by atoms with Gasteiger partial charge in [0.05, 0.1) is 13.2 Å². The first-order chi connectivity index (χ1) is 10.1. The lowest BCUT2D eigenvalue weighted by molar-refractivity contribution is 0.414. The highest BCUT2D eigenvalue weighted by atomic mass is 19.1. The molecule has 1 unspecified atom stereocenters. The summed E-state index contributed by atoms with van der Waals surface area (Å²) in [6.45, 7) is 4.13. The molecule has 0 aliphatic rings. The number of benzene rings is 2. The maximum Gasteiger partial charge on any atom is 0.128 e. The lowest BCUT2D eigenvalue weighted by atomic mass is 9.96. The van der Waals surface area contributed by atoms with E-state index >= 15 is 0 Å². The van der Waals surface area contributed by atoms with Crippen molar-refractivity contribution in [2.45, 2.75) is 19.9 Å². The molecule has 112 valence electrons. The molecule has 0 saturated carbocycles. The Morgan fingerprint density at radius 1 is 1.10 bits per heavy atom. The summed E-state index contributed by atoms with van der Waals surface area (Å²) in [6.07, 6.45) is 0. The summed E-state index contributed by atoms with van der Waals surface area (Å²) in [6, 6.07) is 9.42. The molecule has 1 N–H and O–H groups in total. The molecule has 2 aromatic carbocycles. The number of rotatable bonds is 5. The van der Waals surface area contributed by atoms with Gasteiger partial charge >= 0.3 is 0 Å². The van der Waals surface area contributed by atoms with Gasteiger partial charge in [-0.1, -0.05) is 19.1 Å². The van der Waals surface area contributed by atoms with E-state index in [9.17, 15) is 8.78 Å². The van der Waals surface area contributed by atoms with Crippen LogP contribution in [0.5, 0.6) is 5.75 Å². The minimum atomic E-state index is -0.407. The molecule has 0 bridgehead atoms. The normalized spacial score (nSPS) is 12.2. The van der Waals surface area contributed by atoms with Crippen LogP contribution in [0.15, 0.2) is 36.4 Å². The fraction of sp³-hybridized carbons (Fsp3) is 0.294. The van der Waals surface area contributed by atoms with E-state index in [1.165, 1.54) is 12.1 Å². The van der Waals surface area contributed by atoms with Crippen LogP contribution in [0.2, 0.25) is 0 Å². The van der Waals surface area contributed by atoms with Crippen LogP contribution >= 0.6 is 0 Å². The SMILES string of the molecule is CCNC(c1ccc(OC)cc1)c1cc(F)c(C)cc1F. The maximum absolute atomic E-state index is 14.2. The van der Waals surface area contributed by atoms with E-state index in [0.29, 0.717) is 17.7 Å². The molecule has 0 heterocycles. The van der Waals surface area contributed by atoms with Crippen LogP contribution in [0.25, 0.3) is 0 Å².